The molecule has 4 atom stereocenters. The highest BCUT2D eigenvalue weighted by atomic mass is 19.4. The Hall–Kier alpha value is -6.24. The lowest BCUT2D eigenvalue weighted by Gasteiger charge is -2.42. The van der Waals surface area contributed by atoms with Crippen LogP contribution < -0.4 is 20.3 Å². The van der Waals surface area contributed by atoms with E-state index in [9.17, 15) is 41.8 Å². The molecule has 4 amide bonds. The van der Waals surface area contributed by atoms with E-state index in [1.165, 1.54) is 36.5 Å². The number of aliphatic hydroxyl groups is 1. The quantitative estimate of drug-likeness (QED) is 0.117. The summed E-state index contributed by atoms with van der Waals surface area (Å²) in [5.41, 5.74) is 0.819. The molecule has 2 aliphatic heterocycles. The number of carbonyl (C=O) groups is 4. The third-order valence-corrected chi connectivity index (χ3v) is 11.0. The van der Waals surface area contributed by atoms with Gasteiger partial charge in [-0.1, -0.05) is 38.1 Å². The van der Waals surface area contributed by atoms with Crippen LogP contribution in [0.15, 0.2) is 67.0 Å². The highest BCUT2D eigenvalue weighted by Gasteiger charge is 2.42. The number of nitrogens with zero attached hydrogens (tertiary/aromatic N) is 5. The molecule has 4 N–H and O–H groups in total. The van der Waals surface area contributed by atoms with Crippen LogP contribution in [-0.4, -0.2) is 118 Å². The summed E-state index contributed by atoms with van der Waals surface area (Å²) in [4.78, 5) is 68.7. The number of piperazine rings is 1. The highest BCUT2D eigenvalue weighted by Crippen LogP contribution is 2.38. The first-order valence-corrected chi connectivity index (χ1v) is 20.1. The van der Waals surface area contributed by atoms with Crippen LogP contribution in [0.25, 0.3) is 22.4 Å². The zero-order chi connectivity index (χ0) is 45.1. The van der Waals surface area contributed by atoms with E-state index in [4.69, 9.17) is 0 Å². The van der Waals surface area contributed by atoms with Crippen LogP contribution in [-0.2, 0) is 14.3 Å². The Morgan fingerprint density at radius 2 is 1.68 bits per heavy atom. The van der Waals surface area contributed by atoms with E-state index in [1.807, 2.05) is 11.8 Å². The zero-order valence-corrected chi connectivity index (χ0v) is 35.1. The molecule has 0 bridgehead atoms. The van der Waals surface area contributed by atoms with Crippen molar-refractivity contribution in [3.8, 4) is 28.1 Å². The molecule has 62 heavy (non-hydrogen) atoms. The van der Waals surface area contributed by atoms with Crippen LogP contribution in [0.5, 0.6) is 5.75 Å². The largest absolute Gasteiger partial charge is 0.573 e. The fourth-order valence-corrected chi connectivity index (χ4v) is 7.57. The lowest BCUT2D eigenvalue weighted by Crippen LogP contribution is -2.56. The second kappa shape index (κ2) is 18.4. The van der Waals surface area contributed by atoms with Crippen LogP contribution in [0.1, 0.15) is 63.3 Å². The highest BCUT2D eigenvalue weighted by molar-refractivity contribution is 6.05. The molecule has 2 saturated heterocycles. The maximum atomic E-state index is 14.8. The van der Waals surface area contributed by atoms with Crippen molar-refractivity contribution in [3.63, 3.8) is 0 Å². The summed E-state index contributed by atoms with van der Waals surface area (Å²) in [7, 11) is 1.18. The van der Waals surface area contributed by atoms with Gasteiger partial charge in [0.15, 0.2) is 0 Å². The summed E-state index contributed by atoms with van der Waals surface area (Å²) < 4.78 is 64.9. The van der Waals surface area contributed by atoms with Gasteiger partial charge in [0.1, 0.15) is 29.6 Å². The molecule has 332 valence electrons. The summed E-state index contributed by atoms with van der Waals surface area (Å²) in [5.74, 6) is -1.30. The molecule has 0 saturated carbocycles. The molecule has 0 unspecified atom stereocenters. The molecule has 0 radical (unpaired) electrons. The zero-order valence-electron chi connectivity index (χ0n) is 35.1. The first-order chi connectivity index (χ1) is 29.3. The van der Waals surface area contributed by atoms with E-state index >= 15 is 0 Å². The van der Waals surface area contributed by atoms with Crippen LogP contribution in [0.4, 0.5) is 33.9 Å². The van der Waals surface area contributed by atoms with Crippen molar-refractivity contribution in [1.29, 1.82) is 0 Å². The van der Waals surface area contributed by atoms with E-state index in [2.05, 4.69) is 35.1 Å². The average Bonchev–Trinajstić information content (AvgIpc) is 3.89. The Bertz CT molecular complexity index is 2250. The average molecular weight is 867 g/mol. The summed E-state index contributed by atoms with van der Waals surface area (Å²) >= 11 is 0. The third kappa shape index (κ3) is 10.3. The minimum atomic E-state index is -5.07. The van der Waals surface area contributed by atoms with Gasteiger partial charge in [0.05, 0.1) is 55.5 Å². The van der Waals surface area contributed by atoms with E-state index < -0.39 is 53.7 Å². The van der Waals surface area contributed by atoms with Gasteiger partial charge in [-0.25, -0.2) is 19.2 Å². The van der Waals surface area contributed by atoms with Crippen molar-refractivity contribution in [2.24, 2.45) is 11.3 Å². The number of alkyl carbamates (subject to hydrolysis) is 1. The topological polar surface area (TPSA) is 182 Å². The van der Waals surface area contributed by atoms with Crippen LogP contribution >= 0.6 is 0 Å². The number of amides is 4. The fourth-order valence-electron chi connectivity index (χ4n) is 7.57. The van der Waals surface area contributed by atoms with E-state index in [0.29, 0.717) is 53.8 Å². The molecule has 4 aromatic rings. The molecule has 2 aromatic heterocycles. The van der Waals surface area contributed by atoms with E-state index in [0.717, 1.165) is 6.07 Å². The van der Waals surface area contributed by atoms with Gasteiger partial charge in [0.25, 0.3) is 5.91 Å². The van der Waals surface area contributed by atoms with E-state index in [-0.39, 0.29) is 48.6 Å². The lowest BCUT2D eigenvalue weighted by molar-refractivity contribution is -0.274. The third-order valence-electron chi connectivity index (χ3n) is 11.0. The molecule has 19 heteroatoms. The number of anilines is 2. The first-order valence-electron chi connectivity index (χ1n) is 20.1. The number of pyridine rings is 1. The normalized spacial score (nSPS) is 18.7. The number of hydrogen-bond donors (Lipinski definition) is 4. The monoisotopic (exact) mass is 866 g/mol. The minimum absolute atomic E-state index is 0.0194. The van der Waals surface area contributed by atoms with Crippen LogP contribution in [0, 0.1) is 11.3 Å². The Morgan fingerprint density at radius 1 is 0.968 bits per heavy atom. The smallest absolute Gasteiger partial charge is 0.453 e. The summed E-state index contributed by atoms with van der Waals surface area (Å²) in [5, 5.41) is 14.8. The van der Waals surface area contributed by atoms with Crippen LogP contribution in [0.2, 0.25) is 0 Å². The predicted octanol–water partition coefficient (Wildman–Crippen LogP) is 6.34. The number of alkyl halides is 4. The number of rotatable bonds is 12. The van der Waals surface area contributed by atoms with Gasteiger partial charge in [-0.2, -0.15) is 0 Å². The van der Waals surface area contributed by atoms with Crippen molar-refractivity contribution in [2.45, 2.75) is 71.7 Å². The van der Waals surface area contributed by atoms with E-state index in [1.54, 1.807) is 69.0 Å². The van der Waals surface area contributed by atoms with Gasteiger partial charge in [0.2, 0.25) is 11.8 Å². The van der Waals surface area contributed by atoms with Gasteiger partial charge in [-0.15, -0.1) is 13.2 Å². The van der Waals surface area contributed by atoms with Crippen molar-refractivity contribution in [1.82, 2.24) is 30.1 Å². The SMILES string of the molecule is COC(=O)N[C@H](C(=O)N1C[C@H](F)C[C@H]1c1ncc(-c2ccc(-c3ccc(C(=O)Nc4ccc(N5CCN(C(=O)C(C)(C)CO)C[C@H]5C)nc4)cc3OC(F)(F)F)cc2)[nH]1)C(C)C. The lowest BCUT2D eigenvalue weighted by atomic mass is 9.92. The Labute approximate surface area is 355 Å². The Balaban J connectivity index is 1.14. The molecule has 6 rings (SSSR count). The van der Waals surface area contributed by atoms with Gasteiger partial charge in [0, 0.05) is 43.2 Å². The number of ether oxygens (including phenoxy) is 2. The number of imidazole rings is 1. The second-order valence-corrected chi connectivity index (χ2v) is 16.4. The number of aliphatic hydroxyl groups excluding tert-OH is 1. The number of H-pyrrole nitrogens is 1. The molecular weight excluding hydrogens is 817 g/mol. The Kier molecular flexibility index (Phi) is 13.4. The fraction of sp³-hybridized carbons (Fsp3) is 0.442. The number of nitrogens with one attached hydrogen (secondary N) is 3. The summed E-state index contributed by atoms with van der Waals surface area (Å²) in [6.07, 6.45) is -4.26. The molecule has 0 aliphatic carbocycles. The standard InChI is InChI=1S/C43H50F4N8O7/c1-24(2)36(52-41(60)61-6)39(58)55-22-29(44)18-33(55)37-49-20-32(51-37)27-9-7-26(8-10-27)31-13-11-28(17-34(31)62-43(45,46)47)38(57)50-30-12-14-35(48-19-30)54-16-15-53(21-25(54)3)40(59)42(4,5)23-56/h7-14,17,19-20,24-25,29,33,36,56H,15-16,18,21-23H2,1-6H3,(H,49,51)(H,50,57)(H,52,60)/t25-,29-,33+,36+/m1/s1. The number of aromatic amines is 1. The number of carbonyl (C=O) groups excluding carboxylic acids is 4. The molecule has 2 aliphatic rings. The van der Waals surface area contributed by atoms with Gasteiger partial charge in [-0.05, 0) is 68.1 Å². The van der Waals surface area contributed by atoms with Gasteiger partial charge in [-0.3, -0.25) is 14.4 Å². The molecule has 4 heterocycles. The molecule has 2 aromatic carbocycles. The minimum Gasteiger partial charge on any atom is -0.453 e. The predicted molar refractivity (Wildman–Crippen MR) is 221 cm³/mol. The molecule has 2 fully saturated rings. The van der Waals surface area contributed by atoms with Crippen molar-refractivity contribution in [2.75, 3.05) is 50.1 Å². The number of aromatic nitrogens is 3. The molecular formula is C43H50F4N8O7. The number of halogens is 4. The number of likely N-dealkylation sites (tertiary alicyclic amines) is 1. The van der Waals surface area contributed by atoms with Crippen molar-refractivity contribution in [3.05, 3.63) is 78.4 Å². The Morgan fingerprint density at radius 3 is 2.29 bits per heavy atom. The molecule has 0 spiro atoms. The van der Waals surface area contributed by atoms with Gasteiger partial charge < -0.3 is 44.9 Å². The molecule has 15 nitrogen and oxygen atoms in total. The maximum absolute atomic E-state index is 14.8. The number of methoxy groups -OCH3 is 1. The number of benzene rings is 2. The van der Waals surface area contributed by atoms with Gasteiger partial charge >= 0.3 is 12.5 Å². The first kappa shape index (κ1) is 45.3. The summed E-state index contributed by atoms with van der Waals surface area (Å²) in [6.45, 7) is 9.74. The van der Waals surface area contributed by atoms with Crippen molar-refractivity contribution < 1.29 is 51.3 Å². The van der Waals surface area contributed by atoms with Crippen molar-refractivity contribution >= 4 is 35.3 Å². The maximum Gasteiger partial charge on any atom is 0.573 e. The summed E-state index contributed by atoms with van der Waals surface area (Å²) in [6, 6.07) is 11.7. The second-order valence-electron chi connectivity index (χ2n) is 16.4. The van der Waals surface area contributed by atoms with Crippen LogP contribution in [0.3, 0.4) is 0 Å². The number of hydrogen-bond acceptors (Lipinski definition) is 10.